The summed E-state index contributed by atoms with van der Waals surface area (Å²) in [7, 11) is 1.65. The van der Waals surface area contributed by atoms with E-state index in [1.54, 1.807) is 24.8 Å². The lowest BCUT2D eigenvalue weighted by molar-refractivity contribution is -0.141. The molecule has 1 saturated heterocycles. The van der Waals surface area contributed by atoms with E-state index in [-0.39, 0.29) is 5.92 Å². The van der Waals surface area contributed by atoms with Gasteiger partial charge in [0.25, 0.3) is 0 Å². The number of fused-ring (bicyclic) bond motifs is 1. The Morgan fingerprint density at radius 1 is 1.30 bits per heavy atom. The minimum absolute atomic E-state index is 0.354. The zero-order valence-corrected chi connectivity index (χ0v) is 16.1. The Balaban J connectivity index is 1.83. The van der Waals surface area contributed by atoms with Crippen molar-refractivity contribution in [2.45, 2.75) is 19.8 Å². The van der Waals surface area contributed by atoms with Crippen LogP contribution in [0.5, 0.6) is 5.75 Å². The Morgan fingerprint density at radius 3 is 2.78 bits per heavy atom. The van der Waals surface area contributed by atoms with Gasteiger partial charge in [0.05, 0.1) is 18.4 Å². The molecule has 4 rings (SSSR count). The van der Waals surface area contributed by atoms with Gasteiger partial charge >= 0.3 is 5.97 Å². The third-order valence-electron chi connectivity index (χ3n) is 5.09. The van der Waals surface area contributed by atoms with Crippen LogP contribution in [0.3, 0.4) is 0 Å². The number of aromatic nitrogens is 2. The second-order valence-corrected chi connectivity index (χ2v) is 7.97. The summed E-state index contributed by atoms with van der Waals surface area (Å²) < 4.78 is 5.27. The predicted octanol–water partition coefficient (Wildman–Crippen LogP) is 3.98. The van der Waals surface area contributed by atoms with Crippen LogP contribution in [-0.2, 0) is 4.79 Å². The van der Waals surface area contributed by atoms with E-state index in [1.807, 2.05) is 24.3 Å². The first-order valence-corrected chi connectivity index (χ1v) is 9.76. The smallest absolute Gasteiger partial charge is 0.308 e. The molecule has 1 aliphatic rings. The highest BCUT2D eigenvalue weighted by Gasteiger charge is 2.28. The number of aliphatic carboxylic acids is 1. The molecule has 0 saturated carbocycles. The fraction of sp³-hybridized carbons (Fsp3) is 0.350. The van der Waals surface area contributed by atoms with Gasteiger partial charge in [-0.15, -0.1) is 11.3 Å². The number of aryl methyl sites for hydroxylation is 1. The number of thiophene rings is 1. The molecule has 1 fully saturated rings. The molecule has 1 aliphatic heterocycles. The van der Waals surface area contributed by atoms with Gasteiger partial charge in [0.15, 0.2) is 0 Å². The second-order valence-electron chi connectivity index (χ2n) is 6.76. The van der Waals surface area contributed by atoms with Crippen LogP contribution in [-0.4, -0.2) is 41.2 Å². The van der Waals surface area contributed by atoms with E-state index < -0.39 is 5.97 Å². The monoisotopic (exact) mass is 383 g/mol. The Hall–Kier alpha value is -2.67. The van der Waals surface area contributed by atoms with Crippen molar-refractivity contribution in [2.75, 3.05) is 25.1 Å². The van der Waals surface area contributed by atoms with Gasteiger partial charge in [-0.25, -0.2) is 9.97 Å². The highest BCUT2D eigenvalue weighted by Crippen LogP contribution is 2.42. The van der Waals surface area contributed by atoms with Crippen LogP contribution in [0, 0.1) is 12.8 Å². The third kappa shape index (κ3) is 3.23. The number of nitrogens with zero attached hydrogens (tertiary/aromatic N) is 3. The van der Waals surface area contributed by atoms with E-state index >= 15 is 0 Å². The molecule has 3 heterocycles. The normalized spacial score (nSPS) is 17.3. The zero-order chi connectivity index (χ0) is 19.0. The van der Waals surface area contributed by atoms with Gasteiger partial charge < -0.3 is 14.7 Å². The lowest BCUT2D eigenvalue weighted by Gasteiger charge is -2.32. The van der Waals surface area contributed by atoms with Crippen LogP contribution >= 0.6 is 11.3 Å². The largest absolute Gasteiger partial charge is 0.497 e. The molecule has 1 aromatic carbocycles. The van der Waals surface area contributed by atoms with E-state index in [4.69, 9.17) is 4.74 Å². The van der Waals surface area contributed by atoms with Crippen molar-refractivity contribution in [3.63, 3.8) is 0 Å². The molecule has 0 spiro atoms. The van der Waals surface area contributed by atoms with E-state index in [9.17, 15) is 9.90 Å². The molecule has 3 aromatic rings. The number of benzene rings is 1. The number of carbonyl (C=O) groups is 1. The summed E-state index contributed by atoms with van der Waals surface area (Å²) in [6.07, 6.45) is 3.15. The predicted molar refractivity (Wildman–Crippen MR) is 107 cm³/mol. The SMILES string of the molecule is COc1ccc(-c2c(C)sc3ncnc(N4CCCC(C(=O)O)C4)c23)cc1. The minimum atomic E-state index is -0.734. The zero-order valence-electron chi connectivity index (χ0n) is 15.3. The number of carboxylic acid groups (broad SMARTS) is 1. The summed E-state index contributed by atoms with van der Waals surface area (Å²) in [5.41, 5.74) is 2.20. The molecule has 1 atom stereocenters. The first-order valence-electron chi connectivity index (χ1n) is 8.94. The molecular weight excluding hydrogens is 362 g/mol. The molecule has 0 aliphatic carbocycles. The highest BCUT2D eigenvalue weighted by molar-refractivity contribution is 7.19. The highest BCUT2D eigenvalue weighted by atomic mass is 32.1. The number of ether oxygens (including phenoxy) is 1. The molecular formula is C20H21N3O3S. The van der Waals surface area contributed by atoms with Gasteiger partial charge in [-0.05, 0) is 37.5 Å². The summed E-state index contributed by atoms with van der Waals surface area (Å²) in [5, 5.41) is 10.4. The molecule has 140 valence electrons. The standard InChI is InChI=1S/C20H21N3O3S/c1-12-16(13-5-7-15(26-2)8-6-13)17-18(21-11-22-19(17)27-12)23-9-3-4-14(10-23)20(24)25/h5-8,11,14H,3-4,9-10H2,1-2H3,(H,24,25). The summed E-state index contributed by atoms with van der Waals surface area (Å²) in [6.45, 7) is 3.39. The molecule has 1 unspecified atom stereocenters. The average Bonchev–Trinajstić information content (AvgIpc) is 3.04. The van der Waals surface area contributed by atoms with Gasteiger partial charge in [-0.3, -0.25) is 4.79 Å². The first-order chi connectivity index (χ1) is 13.1. The molecule has 1 N–H and O–H groups in total. The van der Waals surface area contributed by atoms with Crippen LogP contribution in [0.2, 0.25) is 0 Å². The summed E-state index contributed by atoms with van der Waals surface area (Å²) in [4.78, 5) is 24.7. The Kier molecular flexibility index (Phi) is 4.70. The van der Waals surface area contributed by atoms with Crippen LogP contribution in [0.15, 0.2) is 30.6 Å². The van der Waals surface area contributed by atoms with E-state index in [1.165, 1.54) is 4.88 Å². The summed E-state index contributed by atoms with van der Waals surface area (Å²) in [5.74, 6) is 0.559. The van der Waals surface area contributed by atoms with E-state index in [0.29, 0.717) is 13.0 Å². The Morgan fingerprint density at radius 2 is 2.07 bits per heavy atom. The lowest BCUT2D eigenvalue weighted by atomic mass is 9.97. The second kappa shape index (κ2) is 7.15. The van der Waals surface area contributed by atoms with Gasteiger partial charge in [0, 0.05) is 23.5 Å². The molecule has 0 amide bonds. The number of hydrogen-bond donors (Lipinski definition) is 1. The quantitative estimate of drug-likeness (QED) is 0.735. The molecule has 7 heteroatoms. The van der Waals surface area contributed by atoms with Crippen LogP contribution in [0.4, 0.5) is 5.82 Å². The maximum atomic E-state index is 11.5. The number of methoxy groups -OCH3 is 1. The number of rotatable bonds is 4. The molecule has 0 radical (unpaired) electrons. The minimum Gasteiger partial charge on any atom is -0.497 e. The van der Waals surface area contributed by atoms with Crippen molar-refractivity contribution < 1.29 is 14.6 Å². The lowest BCUT2D eigenvalue weighted by Crippen LogP contribution is -2.39. The Bertz CT molecular complexity index is 984. The van der Waals surface area contributed by atoms with Crippen molar-refractivity contribution in [1.29, 1.82) is 0 Å². The van der Waals surface area contributed by atoms with Crippen LogP contribution in [0.25, 0.3) is 21.3 Å². The number of anilines is 1. The molecule has 6 nitrogen and oxygen atoms in total. The number of carboxylic acids is 1. The molecule has 0 bridgehead atoms. The maximum absolute atomic E-state index is 11.5. The van der Waals surface area contributed by atoms with Crippen molar-refractivity contribution >= 4 is 33.3 Å². The number of hydrogen-bond acceptors (Lipinski definition) is 6. The van der Waals surface area contributed by atoms with Crippen molar-refractivity contribution in [2.24, 2.45) is 5.92 Å². The van der Waals surface area contributed by atoms with Crippen LogP contribution in [0.1, 0.15) is 17.7 Å². The summed E-state index contributed by atoms with van der Waals surface area (Å²) >= 11 is 1.64. The van der Waals surface area contributed by atoms with Crippen molar-refractivity contribution in [1.82, 2.24) is 9.97 Å². The Labute approximate surface area is 161 Å². The van der Waals surface area contributed by atoms with Gasteiger partial charge in [0.2, 0.25) is 0 Å². The fourth-order valence-corrected chi connectivity index (χ4v) is 4.75. The van der Waals surface area contributed by atoms with E-state index in [2.05, 4.69) is 21.8 Å². The maximum Gasteiger partial charge on any atom is 0.308 e. The average molecular weight is 383 g/mol. The first kappa shape index (κ1) is 17.7. The van der Waals surface area contributed by atoms with Gasteiger partial charge in [-0.1, -0.05) is 12.1 Å². The third-order valence-corrected chi connectivity index (χ3v) is 6.11. The fourth-order valence-electron chi connectivity index (χ4n) is 3.75. The van der Waals surface area contributed by atoms with E-state index in [0.717, 1.165) is 45.9 Å². The van der Waals surface area contributed by atoms with Crippen LogP contribution < -0.4 is 9.64 Å². The topological polar surface area (TPSA) is 75.6 Å². The number of piperidine rings is 1. The summed E-state index contributed by atoms with van der Waals surface area (Å²) in [6, 6.07) is 7.98. The van der Waals surface area contributed by atoms with Gasteiger partial charge in [-0.2, -0.15) is 0 Å². The molecule has 2 aromatic heterocycles. The van der Waals surface area contributed by atoms with Crippen molar-refractivity contribution in [3.05, 3.63) is 35.5 Å². The molecule has 27 heavy (non-hydrogen) atoms. The van der Waals surface area contributed by atoms with Crippen molar-refractivity contribution in [3.8, 4) is 16.9 Å². The van der Waals surface area contributed by atoms with Gasteiger partial charge in [0.1, 0.15) is 22.7 Å².